The van der Waals surface area contributed by atoms with Gasteiger partial charge in [-0.05, 0) is 66.4 Å². The summed E-state index contributed by atoms with van der Waals surface area (Å²) in [6, 6.07) is 13.7. The second-order valence-corrected chi connectivity index (χ2v) is 10.7. The van der Waals surface area contributed by atoms with Crippen molar-refractivity contribution in [1.29, 1.82) is 0 Å². The molecule has 0 spiro atoms. The molecule has 0 atom stereocenters. The minimum Gasteiger partial charge on any atom is -0.493 e. The predicted molar refractivity (Wildman–Crippen MR) is 172 cm³/mol. The van der Waals surface area contributed by atoms with Crippen molar-refractivity contribution in [3.63, 3.8) is 0 Å². The number of fused-ring (bicyclic) bond motifs is 2. The Bertz CT molecular complexity index is 1900. The standard InChI is InChI=1S/C36H34O12/c1-39-25-11-8-19(13-27(25)41-3)7-9-21-14-22(33-35(31(21)43-5)47-17-45-33)23-16-24(32(44-6)36-34(23)46-18-48-36)30(38)29(37)20-10-12-26(40-2)28(15-20)42-4/h8,10-16H,7,9,17-18H2,1-6H3. The Morgan fingerprint density at radius 3 is 1.69 bits per heavy atom. The van der Waals surface area contributed by atoms with Crippen LogP contribution < -0.4 is 47.4 Å². The van der Waals surface area contributed by atoms with E-state index in [1.54, 1.807) is 33.5 Å². The zero-order valence-corrected chi connectivity index (χ0v) is 27.3. The second-order valence-electron chi connectivity index (χ2n) is 10.7. The maximum absolute atomic E-state index is 13.9. The Balaban J connectivity index is 1.45. The normalized spacial score (nSPS) is 12.4. The third-order valence-electron chi connectivity index (χ3n) is 8.20. The number of hydrogen-bond donors (Lipinski definition) is 0. The van der Waals surface area contributed by atoms with E-state index in [0.717, 1.165) is 11.1 Å². The predicted octanol–water partition coefficient (Wildman–Crippen LogP) is 5.71. The van der Waals surface area contributed by atoms with E-state index in [-0.39, 0.29) is 36.2 Å². The van der Waals surface area contributed by atoms with E-state index in [0.29, 0.717) is 70.0 Å². The van der Waals surface area contributed by atoms with Crippen LogP contribution in [0.25, 0.3) is 11.1 Å². The molecule has 0 amide bonds. The van der Waals surface area contributed by atoms with E-state index in [9.17, 15) is 9.59 Å². The number of benzene rings is 4. The lowest BCUT2D eigenvalue weighted by molar-refractivity contribution is 0.0814. The summed E-state index contributed by atoms with van der Waals surface area (Å²) in [5, 5.41) is 0. The van der Waals surface area contributed by atoms with Crippen molar-refractivity contribution in [2.45, 2.75) is 12.8 Å². The van der Waals surface area contributed by atoms with Crippen LogP contribution in [-0.2, 0) is 12.8 Å². The lowest BCUT2D eigenvalue weighted by atomic mass is 9.92. The van der Waals surface area contributed by atoms with E-state index < -0.39 is 11.6 Å². The molecule has 2 aliphatic rings. The number of carbonyl (C=O) groups is 2. The van der Waals surface area contributed by atoms with E-state index >= 15 is 0 Å². The largest absolute Gasteiger partial charge is 0.493 e. The molecule has 0 radical (unpaired) electrons. The van der Waals surface area contributed by atoms with Gasteiger partial charge in [-0.2, -0.15) is 0 Å². The Labute approximate surface area is 276 Å². The number of hydrogen-bond acceptors (Lipinski definition) is 12. The number of rotatable bonds is 13. The summed E-state index contributed by atoms with van der Waals surface area (Å²) in [5.74, 6) is 2.30. The number of aryl methyl sites for hydroxylation is 2. The zero-order valence-electron chi connectivity index (χ0n) is 27.3. The first-order valence-electron chi connectivity index (χ1n) is 14.9. The van der Waals surface area contributed by atoms with Gasteiger partial charge in [0.05, 0.1) is 48.2 Å². The molecule has 12 nitrogen and oxygen atoms in total. The van der Waals surface area contributed by atoms with Gasteiger partial charge in [0.15, 0.2) is 46.0 Å². The molecule has 0 saturated carbocycles. The van der Waals surface area contributed by atoms with Crippen LogP contribution >= 0.6 is 0 Å². The number of methoxy groups -OCH3 is 6. The van der Waals surface area contributed by atoms with E-state index in [2.05, 4.69) is 0 Å². The highest BCUT2D eigenvalue weighted by molar-refractivity contribution is 6.50. The molecule has 0 unspecified atom stereocenters. The van der Waals surface area contributed by atoms with Crippen molar-refractivity contribution >= 4 is 11.6 Å². The fourth-order valence-electron chi connectivity index (χ4n) is 5.87. The zero-order chi connectivity index (χ0) is 33.9. The van der Waals surface area contributed by atoms with Gasteiger partial charge in [-0.15, -0.1) is 0 Å². The highest BCUT2D eigenvalue weighted by Gasteiger charge is 2.35. The van der Waals surface area contributed by atoms with Crippen molar-refractivity contribution in [3.05, 3.63) is 70.8 Å². The quantitative estimate of drug-likeness (QED) is 0.129. The van der Waals surface area contributed by atoms with E-state index in [1.165, 1.54) is 33.5 Å². The summed E-state index contributed by atoms with van der Waals surface area (Å²) < 4.78 is 56.5. The van der Waals surface area contributed by atoms with Crippen LogP contribution in [0.15, 0.2) is 48.5 Å². The van der Waals surface area contributed by atoms with Crippen molar-refractivity contribution in [3.8, 4) is 68.6 Å². The molecular weight excluding hydrogens is 624 g/mol. The van der Waals surface area contributed by atoms with Gasteiger partial charge in [-0.3, -0.25) is 9.59 Å². The molecule has 0 N–H and O–H groups in total. The third-order valence-corrected chi connectivity index (χ3v) is 8.20. The smallest absolute Gasteiger partial charge is 0.237 e. The topological polar surface area (TPSA) is 126 Å². The minimum atomic E-state index is -0.824. The van der Waals surface area contributed by atoms with Gasteiger partial charge >= 0.3 is 0 Å². The second kappa shape index (κ2) is 13.5. The summed E-state index contributed by atoms with van der Waals surface area (Å²) in [6.45, 7) is -0.168. The van der Waals surface area contributed by atoms with Crippen LogP contribution in [0.4, 0.5) is 0 Å². The highest BCUT2D eigenvalue weighted by Crippen LogP contribution is 2.56. The van der Waals surface area contributed by atoms with Gasteiger partial charge < -0.3 is 47.4 Å². The minimum absolute atomic E-state index is 0.0214. The third kappa shape index (κ3) is 5.59. The SMILES string of the molecule is COc1ccc(CCc2cc(-c3cc(C(=O)C(=O)c4ccc(OC)c(OC)c4)c(OC)c4c3OCO4)c3c(c2OC)OCO3)cc1OC. The highest BCUT2D eigenvalue weighted by atomic mass is 16.7. The van der Waals surface area contributed by atoms with Crippen molar-refractivity contribution < 1.29 is 57.0 Å². The lowest BCUT2D eigenvalue weighted by Gasteiger charge is -2.18. The molecule has 4 aromatic carbocycles. The summed E-state index contributed by atoms with van der Waals surface area (Å²) >= 11 is 0. The Kier molecular flexibility index (Phi) is 9.06. The van der Waals surface area contributed by atoms with Gasteiger partial charge in [0, 0.05) is 16.7 Å². The molecule has 48 heavy (non-hydrogen) atoms. The molecule has 0 aliphatic carbocycles. The first-order chi connectivity index (χ1) is 23.4. The Morgan fingerprint density at radius 2 is 1.08 bits per heavy atom. The molecule has 0 aromatic heterocycles. The summed E-state index contributed by atoms with van der Waals surface area (Å²) in [4.78, 5) is 27.5. The lowest BCUT2D eigenvalue weighted by Crippen LogP contribution is -2.16. The number of ether oxygens (including phenoxy) is 10. The number of ketones is 2. The van der Waals surface area contributed by atoms with E-state index in [1.807, 2.05) is 24.3 Å². The van der Waals surface area contributed by atoms with Crippen LogP contribution in [0.3, 0.4) is 0 Å². The van der Waals surface area contributed by atoms with Crippen LogP contribution in [0.1, 0.15) is 31.8 Å². The Morgan fingerprint density at radius 1 is 0.542 bits per heavy atom. The summed E-state index contributed by atoms with van der Waals surface area (Å²) in [5.41, 5.74) is 2.92. The monoisotopic (exact) mass is 658 g/mol. The molecular formula is C36H34O12. The summed E-state index contributed by atoms with van der Waals surface area (Å²) in [6.07, 6.45) is 1.17. The maximum Gasteiger partial charge on any atom is 0.237 e. The van der Waals surface area contributed by atoms with Gasteiger partial charge in [-0.1, -0.05) is 6.07 Å². The van der Waals surface area contributed by atoms with Crippen LogP contribution in [0.5, 0.6) is 57.5 Å². The molecule has 0 bridgehead atoms. The first kappa shape index (κ1) is 32.2. The molecule has 4 aromatic rings. The Hall–Kier alpha value is -5.78. The van der Waals surface area contributed by atoms with E-state index in [4.69, 9.17) is 47.4 Å². The van der Waals surface area contributed by atoms with Crippen LogP contribution in [0, 0.1) is 0 Å². The van der Waals surface area contributed by atoms with Crippen molar-refractivity contribution in [2.24, 2.45) is 0 Å². The fraction of sp³-hybridized carbons (Fsp3) is 0.278. The van der Waals surface area contributed by atoms with Gasteiger partial charge in [0.1, 0.15) is 0 Å². The van der Waals surface area contributed by atoms with Crippen LogP contribution in [-0.4, -0.2) is 67.8 Å². The summed E-state index contributed by atoms with van der Waals surface area (Å²) in [7, 11) is 9.07. The van der Waals surface area contributed by atoms with Gasteiger partial charge in [-0.25, -0.2) is 0 Å². The average molecular weight is 659 g/mol. The molecule has 0 fully saturated rings. The number of carbonyl (C=O) groups excluding carboxylic acids is 2. The average Bonchev–Trinajstić information content (AvgIpc) is 3.83. The van der Waals surface area contributed by atoms with Gasteiger partial charge in [0.25, 0.3) is 0 Å². The molecule has 2 heterocycles. The molecule has 12 heteroatoms. The van der Waals surface area contributed by atoms with Crippen molar-refractivity contribution in [1.82, 2.24) is 0 Å². The van der Waals surface area contributed by atoms with Crippen molar-refractivity contribution in [2.75, 3.05) is 56.2 Å². The maximum atomic E-state index is 13.9. The molecule has 2 aliphatic heterocycles. The fourth-order valence-corrected chi connectivity index (χ4v) is 5.87. The van der Waals surface area contributed by atoms with Gasteiger partial charge in [0.2, 0.25) is 36.7 Å². The molecule has 6 rings (SSSR count). The number of Topliss-reactive ketones (excluding diaryl/α,β-unsaturated/α-hetero) is 2. The van der Waals surface area contributed by atoms with Crippen LogP contribution in [0.2, 0.25) is 0 Å². The molecule has 250 valence electrons. The molecule has 0 saturated heterocycles. The first-order valence-corrected chi connectivity index (χ1v) is 14.9.